The molecule has 24 heavy (non-hydrogen) atoms. The maximum absolute atomic E-state index is 6.19. The van der Waals surface area contributed by atoms with Crippen LogP contribution in [0, 0.1) is 5.92 Å². The molecule has 1 fully saturated rings. The molecule has 0 aromatic heterocycles. The van der Waals surface area contributed by atoms with E-state index >= 15 is 0 Å². The van der Waals surface area contributed by atoms with Crippen LogP contribution in [0.3, 0.4) is 0 Å². The van der Waals surface area contributed by atoms with E-state index in [0.29, 0.717) is 19.1 Å². The maximum atomic E-state index is 6.19. The number of hydrogen-bond donors (Lipinski definition) is 1. The molecule has 0 saturated carbocycles. The van der Waals surface area contributed by atoms with Gasteiger partial charge in [0.1, 0.15) is 12.2 Å². The smallest absolute Gasteiger partial charge is 0.113 e. The lowest BCUT2D eigenvalue weighted by Crippen LogP contribution is -2.51. The van der Waals surface area contributed by atoms with Crippen LogP contribution in [0.15, 0.2) is 42.5 Å². The average Bonchev–Trinajstić information content (AvgIpc) is 2.60. The SMILES string of the molecule is CC(C)(C)c1ccc2c(c1)[C@H]1OCCO[C@H]1[C@H](C1C=CC=CC1)N2. The Morgan fingerprint density at radius 3 is 2.67 bits per heavy atom. The zero-order valence-corrected chi connectivity index (χ0v) is 14.8. The van der Waals surface area contributed by atoms with Crippen molar-refractivity contribution in [3.05, 3.63) is 53.6 Å². The van der Waals surface area contributed by atoms with Gasteiger partial charge in [0.2, 0.25) is 0 Å². The summed E-state index contributed by atoms with van der Waals surface area (Å²) in [5, 5.41) is 3.75. The van der Waals surface area contributed by atoms with Crippen molar-refractivity contribution in [1.82, 2.24) is 0 Å². The second kappa shape index (κ2) is 6.05. The van der Waals surface area contributed by atoms with Gasteiger partial charge in [-0.15, -0.1) is 0 Å². The number of rotatable bonds is 1. The minimum Gasteiger partial charge on any atom is -0.379 e. The van der Waals surface area contributed by atoms with E-state index in [9.17, 15) is 0 Å². The van der Waals surface area contributed by atoms with E-state index in [2.05, 4.69) is 68.6 Å². The van der Waals surface area contributed by atoms with E-state index in [1.807, 2.05) is 0 Å². The summed E-state index contributed by atoms with van der Waals surface area (Å²) in [5.41, 5.74) is 3.92. The Morgan fingerprint density at radius 2 is 1.92 bits per heavy atom. The van der Waals surface area contributed by atoms with Crippen LogP contribution < -0.4 is 5.32 Å². The van der Waals surface area contributed by atoms with E-state index < -0.39 is 0 Å². The highest BCUT2D eigenvalue weighted by Crippen LogP contribution is 2.43. The molecule has 0 spiro atoms. The second-order valence-electron chi connectivity index (χ2n) is 8.06. The van der Waals surface area contributed by atoms with Gasteiger partial charge in [-0.3, -0.25) is 0 Å². The third-order valence-electron chi connectivity index (χ3n) is 5.36. The molecule has 4 rings (SSSR count). The van der Waals surface area contributed by atoms with Crippen LogP contribution in [0.25, 0.3) is 0 Å². The van der Waals surface area contributed by atoms with Gasteiger partial charge in [-0.2, -0.15) is 0 Å². The molecule has 0 radical (unpaired) electrons. The monoisotopic (exact) mass is 325 g/mol. The van der Waals surface area contributed by atoms with Gasteiger partial charge in [-0.25, -0.2) is 0 Å². The van der Waals surface area contributed by atoms with Crippen molar-refractivity contribution in [2.45, 2.75) is 50.9 Å². The summed E-state index contributed by atoms with van der Waals surface area (Å²) in [6, 6.07) is 7.02. The zero-order valence-electron chi connectivity index (χ0n) is 14.8. The molecule has 2 heterocycles. The van der Waals surface area contributed by atoms with E-state index in [0.717, 1.165) is 6.42 Å². The van der Waals surface area contributed by atoms with Crippen molar-refractivity contribution >= 4 is 5.69 Å². The first-order valence-corrected chi connectivity index (χ1v) is 9.01. The summed E-state index contributed by atoms with van der Waals surface area (Å²) in [4.78, 5) is 0. The Bertz CT molecular complexity index is 671. The van der Waals surface area contributed by atoms with Crippen LogP contribution in [-0.2, 0) is 14.9 Å². The van der Waals surface area contributed by atoms with E-state index in [1.54, 1.807) is 0 Å². The fourth-order valence-electron chi connectivity index (χ4n) is 3.97. The van der Waals surface area contributed by atoms with Crippen molar-refractivity contribution in [3.63, 3.8) is 0 Å². The largest absolute Gasteiger partial charge is 0.379 e. The first-order chi connectivity index (χ1) is 11.5. The summed E-state index contributed by atoms with van der Waals surface area (Å²) < 4.78 is 12.4. The molecule has 1 saturated heterocycles. The highest BCUT2D eigenvalue weighted by molar-refractivity contribution is 5.58. The Balaban J connectivity index is 1.72. The van der Waals surface area contributed by atoms with Gasteiger partial charge < -0.3 is 14.8 Å². The average molecular weight is 325 g/mol. The molecule has 128 valence electrons. The Hall–Kier alpha value is -1.58. The molecule has 1 unspecified atom stereocenters. The van der Waals surface area contributed by atoms with Gasteiger partial charge in [-0.1, -0.05) is 57.2 Å². The number of hydrogen-bond acceptors (Lipinski definition) is 3. The molecule has 1 aromatic carbocycles. The van der Waals surface area contributed by atoms with Crippen LogP contribution in [0.1, 0.15) is 44.4 Å². The van der Waals surface area contributed by atoms with Gasteiger partial charge in [0.25, 0.3) is 0 Å². The molecule has 2 aliphatic heterocycles. The summed E-state index contributed by atoms with van der Waals surface area (Å²) in [6.07, 6.45) is 9.95. The zero-order chi connectivity index (χ0) is 16.7. The van der Waals surface area contributed by atoms with Crippen LogP contribution in [0.5, 0.6) is 0 Å². The van der Waals surface area contributed by atoms with E-state index in [1.165, 1.54) is 16.8 Å². The number of ether oxygens (including phenoxy) is 2. The molecule has 3 heteroatoms. The Labute approximate surface area is 144 Å². The molecule has 1 N–H and O–H groups in total. The standard InChI is InChI=1S/C21H27NO2/c1-21(2,3)15-9-10-17-16(13-15)19-20(24-12-11-23-19)18(22-17)14-7-5-4-6-8-14/h4-7,9-10,13-14,18-20,22H,8,11-12H2,1-3H3/t14?,18-,19+,20-/m0/s1. The molecule has 1 aromatic rings. The van der Waals surface area contributed by atoms with Crippen LogP contribution in [0.2, 0.25) is 0 Å². The topological polar surface area (TPSA) is 30.5 Å². The summed E-state index contributed by atoms with van der Waals surface area (Å²) in [6.45, 7) is 8.11. The molecular weight excluding hydrogens is 298 g/mol. The lowest BCUT2D eigenvalue weighted by atomic mass is 9.79. The van der Waals surface area contributed by atoms with Crippen LogP contribution >= 0.6 is 0 Å². The lowest BCUT2D eigenvalue weighted by molar-refractivity contribution is -0.153. The van der Waals surface area contributed by atoms with E-state index in [-0.39, 0.29) is 23.7 Å². The van der Waals surface area contributed by atoms with Gasteiger partial charge in [0, 0.05) is 17.2 Å². The third-order valence-corrected chi connectivity index (χ3v) is 5.36. The molecule has 0 bridgehead atoms. The maximum Gasteiger partial charge on any atom is 0.113 e. The molecular formula is C21H27NO2. The van der Waals surface area contributed by atoms with Crippen molar-refractivity contribution in [1.29, 1.82) is 0 Å². The van der Waals surface area contributed by atoms with Gasteiger partial charge in [0.15, 0.2) is 0 Å². The third kappa shape index (κ3) is 2.80. The Kier molecular flexibility index (Phi) is 4.01. The van der Waals surface area contributed by atoms with Gasteiger partial charge in [-0.05, 0) is 23.5 Å². The Morgan fingerprint density at radius 1 is 1.08 bits per heavy atom. The van der Waals surface area contributed by atoms with Crippen LogP contribution in [-0.4, -0.2) is 25.4 Å². The molecule has 1 aliphatic carbocycles. The molecule has 0 amide bonds. The highest BCUT2D eigenvalue weighted by atomic mass is 16.6. The first-order valence-electron chi connectivity index (χ1n) is 9.01. The quantitative estimate of drug-likeness (QED) is 0.832. The summed E-state index contributed by atoms with van der Waals surface area (Å²) in [5.74, 6) is 0.444. The molecule has 4 atom stereocenters. The van der Waals surface area contributed by atoms with Crippen molar-refractivity contribution in [2.75, 3.05) is 18.5 Å². The first kappa shape index (κ1) is 15.9. The number of nitrogens with one attached hydrogen (secondary N) is 1. The number of anilines is 1. The fourth-order valence-corrected chi connectivity index (χ4v) is 3.97. The second-order valence-corrected chi connectivity index (χ2v) is 8.06. The lowest BCUT2D eigenvalue weighted by Gasteiger charge is -2.45. The predicted octanol–water partition coefficient (Wildman–Crippen LogP) is 4.37. The van der Waals surface area contributed by atoms with Gasteiger partial charge in [0.05, 0.1) is 19.3 Å². The predicted molar refractivity (Wildman–Crippen MR) is 97.4 cm³/mol. The van der Waals surface area contributed by atoms with E-state index in [4.69, 9.17) is 9.47 Å². The van der Waals surface area contributed by atoms with Crippen molar-refractivity contribution in [3.8, 4) is 0 Å². The normalized spacial score (nSPS) is 32.0. The number of allylic oxidation sites excluding steroid dienone is 3. The molecule has 3 nitrogen and oxygen atoms in total. The number of benzene rings is 1. The summed E-state index contributed by atoms with van der Waals surface area (Å²) >= 11 is 0. The minimum absolute atomic E-state index is 0.0293. The van der Waals surface area contributed by atoms with Crippen molar-refractivity contribution in [2.24, 2.45) is 5.92 Å². The van der Waals surface area contributed by atoms with Crippen LogP contribution in [0.4, 0.5) is 5.69 Å². The fraction of sp³-hybridized carbons (Fsp3) is 0.524. The highest BCUT2D eigenvalue weighted by Gasteiger charge is 2.43. The minimum atomic E-state index is 0.0293. The molecule has 3 aliphatic rings. The van der Waals surface area contributed by atoms with Crippen molar-refractivity contribution < 1.29 is 9.47 Å². The van der Waals surface area contributed by atoms with Gasteiger partial charge >= 0.3 is 0 Å². The number of fused-ring (bicyclic) bond motifs is 3. The summed E-state index contributed by atoms with van der Waals surface area (Å²) in [7, 11) is 0.